The minimum Gasteiger partial charge on any atom is -0.339 e. The van der Waals surface area contributed by atoms with Gasteiger partial charge in [0.15, 0.2) is 5.78 Å². The molecule has 114 valence electrons. The third-order valence-electron chi connectivity index (χ3n) is 4.52. The van der Waals surface area contributed by atoms with Crippen molar-refractivity contribution < 1.29 is 4.79 Å². The molecule has 0 amide bonds. The van der Waals surface area contributed by atoms with Gasteiger partial charge in [-0.25, -0.2) is 0 Å². The fourth-order valence-electron chi connectivity index (χ4n) is 3.67. The van der Waals surface area contributed by atoms with Crippen molar-refractivity contribution >= 4 is 17.5 Å². The van der Waals surface area contributed by atoms with Gasteiger partial charge in [0.2, 0.25) is 0 Å². The van der Waals surface area contributed by atoms with Gasteiger partial charge in [-0.2, -0.15) is 0 Å². The van der Waals surface area contributed by atoms with Gasteiger partial charge in [0, 0.05) is 23.6 Å². The molecule has 0 fully saturated rings. The number of carbonyl (C=O) groups excluding carboxylic acids is 1. The summed E-state index contributed by atoms with van der Waals surface area (Å²) in [4.78, 5) is 16.0. The van der Waals surface area contributed by atoms with Gasteiger partial charge in [-0.3, -0.25) is 4.79 Å². The topological polar surface area (TPSA) is 20.3 Å². The van der Waals surface area contributed by atoms with Gasteiger partial charge < -0.3 is 4.90 Å². The second-order valence-electron chi connectivity index (χ2n) is 7.11. The number of carbonyl (C=O) groups is 1. The lowest BCUT2D eigenvalue weighted by Gasteiger charge is -2.28. The monoisotopic (exact) mass is 303 g/mol. The molecule has 0 atom stereocenters. The highest BCUT2D eigenvalue weighted by atomic mass is 32.2. The van der Waals surface area contributed by atoms with E-state index in [9.17, 15) is 4.79 Å². The lowest BCUT2D eigenvalue weighted by atomic mass is 9.77. The summed E-state index contributed by atoms with van der Waals surface area (Å²) in [5.74, 6) is 0.280. The number of nitrogens with zero attached hydrogens (tertiary/aromatic N) is 1. The second kappa shape index (κ2) is 5.68. The van der Waals surface area contributed by atoms with Crippen molar-refractivity contribution in [2.75, 3.05) is 6.54 Å². The van der Waals surface area contributed by atoms with Crippen LogP contribution in [0.25, 0.3) is 0 Å². The molecule has 3 rings (SSSR count). The average molecular weight is 303 g/mol. The summed E-state index contributed by atoms with van der Waals surface area (Å²) in [5, 5.41) is 1.33. The zero-order valence-corrected chi connectivity index (χ0v) is 14.2. The maximum absolute atomic E-state index is 11.9. The molecule has 2 nitrogen and oxygen atoms in total. The van der Waals surface area contributed by atoms with Crippen LogP contribution in [-0.2, 0) is 4.79 Å². The molecule has 0 aromatic carbocycles. The zero-order valence-electron chi connectivity index (χ0n) is 13.4. The first-order valence-electron chi connectivity index (χ1n) is 8.11. The van der Waals surface area contributed by atoms with Crippen LogP contribution in [0, 0.1) is 5.41 Å². The number of thioether (sulfide) groups is 1. The highest BCUT2D eigenvalue weighted by molar-refractivity contribution is 8.06. The Hall–Kier alpha value is -0.960. The molecule has 0 bridgehead atoms. The Morgan fingerprint density at radius 3 is 2.76 bits per heavy atom. The first kappa shape index (κ1) is 15.0. The van der Waals surface area contributed by atoms with Crippen LogP contribution in [0.2, 0.25) is 0 Å². The van der Waals surface area contributed by atoms with Crippen LogP contribution in [0.1, 0.15) is 59.3 Å². The summed E-state index contributed by atoms with van der Waals surface area (Å²) in [6, 6.07) is 0. The lowest BCUT2D eigenvalue weighted by Crippen LogP contribution is -2.22. The highest BCUT2D eigenvalue weighted by Crippen LogP contribution is 2.48. The summed E-state index contributed by atoms with van der Waals surface area (Å²) in [6.45, 7) is 7.64. The van der Waals surface area contributed by atoms with E-state index in [0.717, 1.165) is 13.0 Å². The van der Waals surface area contributed by atoms with Gasteiger partial charge >= 0.3 is 0 Å². The first-order valence-corrected chi connectivity index (χ1v) is 8.93. The molecule has 0 saturated carbocycles. The van der Waals surface area contributed by atoms with Gasteiger partial charge in [-0.05, 0) is 62.2 Å². The fraction of sp³-hybridized carbons (Fsp3) is 0.611. The molecule has 0 aromatic heterocycles. The van der Waals surface area contributed by atoms with Crippen LogP contribution in [-0.4, -0.2) is 17.2 Å². The molecule has 0 saturated heterocycles. The zero-order chi connectivity index (χ0) is 15.0. The van der Waals surface area contributed by atoms with E-state index >= 15 is 0 Å². The fourth-order valence-corrected chi connectivity index (χ4v) is 5.06. The summed E-state index contributed by atoms with van der Waals surface area (Å²) in [7, 11) is 0. The molecule has 3 heteroatoms. The Morgan fingerprint density at radius 1 is 1.29 bits per heavy atom. The predicted molar refractivity (Wildman–Crippen MR) is 89.7 cm³/mol. The van der Waals surface area contributed by atoms with Crippen LogP contribution in [0.15, 0.2) is 33.4 Å². The molecule has 0 aromatic rings. The smallest absolute Gasteiger partial charge is 0.156 e. The van der Waals surface area contributed by atoms with E-state index in [1.165, 1.54) is 36.3 Å². The van der Waals surface area contributed by atoms with E-state index in [-0.39, 0.29) is 11.2 Å². The van der Waals surface area contributed by atoms with Crippen molar-refractivity contribution in [3.05, 3.63) is 33.4 Å². The van der Waals surface area contributed by atoms with Gasteiger partial charge in [-0.15, -0.1) is 0 Å². The normalized spacial score (nSPS) is 27.2. The third-order valence-corrected chi connectivity index (χ3v) is 5.75. The molecule has 1 heterocycles. The maximum atomic E-state index is 11.9. The predicted octanol–water partition coefficient (Wildman–Crippen LogP) is 5.00. The Balaban J connectivity index is 1.85. The van der Waals surface area contributed by atoms with Gasteiger partial charge in [-0.1, -0.05) is 25.6 Å². The first-order chi connectivity index (χ1) is 9.98. The van der Waals surface area contributed by atoms with Crippen molar-refractivity contribution in [1.82, 2.24) is 4.90 Å². The summed E-state index contributed by atoms with van der Waals surface area (Å²) in [6.07, 6.45) is 10.9. The minimum atomic E-state index is 0.103. The van der Waals surface area contributed by atoms with E-state index in [2.05, 4.69) is 31.7 Å². The molecule has 0 radical (unpaired) electrons. The number of hydrogen-bond donors (Lipinski definition) is 0. The molecule has 3 aliphatic rings. The number of rotatable bonds is 2. The van der Waals surface area contributed by atoms with Crippen molar-refractivity contribution in [3.8, 4) is 0 Å². The van der Waals surface area contributed by atoms with Crippen molar-refractivity contribution in [2.45, 2.75) is 59.3 Å². The van der Waals surface area contributed by atoms with E-state index in [1.807, 2.05) is 17.8 Å². The Labute approximate surface area is 132 Å². The minimum absolute atomic E-state index is 0.103. The molecule has 1 aliphatic heterocycles. The van der Waals surface area contributed by atoms with Gasteiger partial charge in [0.1, 0.15) is 0 Å². The number of hydrogen-bond acceptors (Lipinski definition) is 3. The molecular weight excluding hydrogens is 278 g/mol. The Bertz CT molecular complexity index is 554. The van der Waals surface area contributed by atoms with Crippen LogP contribution >= 0.6 is 11.8 Å². The molecule has 21 heavy (non-hydrogen) atoms. The largest absolute Gasteiger partial charge is 0.339 e. The summed E-state index contributed by atoms with van der Waals surface area (Å²) >= 11 is 1.94. The van der Waals surface area contributed by atoms with Crippen molar-refractivity contribution in [2.24, 2.45) is 5.41 Å². The highest BCUT2D eigenvalue weighted by Gasteiger charge is 2.31. The van der Waals surface area contributed by atoms with Crippen LogP contribution in [0.5, 0.6) is 0 Å². The second-order valence-corrected chi connectivity index (χ2v) is 8.22. The van der Waals surface area contributed by atoms with Crippen LogP contribution in [0.4, 0.5) is 0 Å². The van der Waals surface area contributed by atoms with E-state index in [0.29, 0.717) is 6.42 Å². The van der Waals surface area contributed by atoms with Crippen molar-refractivity contribution in [3.63, 3.8) is 0 Å². The quantitative estimate of drug-likeness (QED) is 0.716. The van der Waals surface area contributed by atoms with E-state index < -0.39 is 0 Å². The maximum Gasteiger partial charge on any atom is 0.156 e. The third kappa shape index (κ3) is 3.13. The Kier molecular flexibility index (Phi) is 4.04. The van der Waals surface area contributed by atoms with Gasteiger partial charge in [0.25, 0.3) is 0 Å². The van der Waals surface area contributed by atoms with Gasteiger partial charge in [0.05, 0.1) is 5.03 Å². The lowest BCUT2D eigenvalue weighted by molar-refractivity contribution is -0.116. The van der Waals surface area contributed by atoms with Crippen molar-refractivity contribution in [1.29, 1.82) is 0 Å². The Morgan fingerprint density at radius 2 is 2.05 bits per heavy atom. The molecule has 0 unspecified atom stereocenters. The molecule has 2 aliphatic carbocycles. The summed E-state index contributed by atoms with van der Waals surface area (Å²) < 4.78 is 0. The standard InChI is InChI=1S/C18H25NOS/c1-4-19-15-7-5-6-8-16(15)21-17(19)10-13-9-14(20)12-18(2,3)11-13/h9-10H,4-8,11-12H2,1-3H3/b17-10-. The van der Waals surface area contributed by atoms with E-state index in [1.54, 1.807) is 10.6 Å². The SMILES string of the molecule is CCN1C2=C(CCCC2)S/C1=C\C1=CC(=O)CC(C)(C)C1. The van der Waals surface area contributed by atoms with Crippen LogP contribution < -0.4 is 0 Å². The number of ketones is 1. The number of allylic oxidation sites excluding steroid dienone is 5. The molecular formula is C18H25NOS. The average Bonchev–Trinajstić information content (AvgIpc) is 2.73. The molecule has 0 spiro atoms. The van der Waals surface area contributed by atoms with E-state index in [4.69, 9.17) is 0 Å². The molecule has 0 N–H and O–H groups in total. The summed E-state index contributed by atoms with van der Waals surface area (Å²) in [5.41, 5.74) is 2.85. The van der Waals surface area contributed by atoms with Crippen LogP contribution in [0.3, 0.4) is 0 Å².